The number of carbonyl (C=O) groups is 2. The molecule has 0 N–H and O–H groups in total. The second kappa shape index (κ2) is 11.9. The number of halogens is 3. The number of benzene rings is 1. The van der Waals surface area contributed by atoms with Crippen molar-refractivity contribution in [3.05, 3.63) is 47.5 Å². The monoisotopic (exact) mass is 572 g/mol. The molecule has 41 heavy (non-hydrogen) atoms. The molecule has 0 bridgehead atoms. The van der Waals surface area contributed by atoms with Crippen molar-refractivity contribution in [1.29, 1.82) is 0 Å². The van der Waals surface area contributed by atoms with Crippen molar-refractivity contribution in [3.63, 3.8) is 0 Å². The highest BCUT2D eigenvalue weighted by Gasteiger charge is 2.61. The Bertz CT molecular complexity index is 1130. The highest BCUT2D eigenvalue weighted by molar-refractivity contribution is 5.82. The van der Waals surface area contributed by atoms with Crippen molar-refractivity contribution < 1.29 is 27.5 Å². The fourth-order valence-corrected chi connectivity index (χ4v) is 9.94. The highest BCUT2D eigenvalue weighted by Crippen LogP contribution is 2.67. The van der Waals surface area contributed by atoms with E-state index in [9.17, 15) is 22.8 Å². The van der Waals surface area contributed by atoms with E-state index >= 15 is 0 Å². The van der Waals surface area contributed by atoms with Crippen LogP contribution in [0.2, 0.25) is 0 Å². The molecule has 5 rings (SSSR count). The predicted octanol–water partition coefficient (Wildman–Crippen LogP) is 9.05. The number of fused-ring (bicyclic) bond motifs is 5. The summed E-state index contributed by atoms with van der Waals surface area (Å²) in [6, 6.07) is 9.55. The maximum atomic E-state index is 13.9. The summed E-state index contributed by atoms with van der Waals surface area (Å²) >= 11 is 0. The van der Waals surface area contributed by atoms with Crippen LogP contribution in [-0.4, -0.2) is 24.0 Å². The van der Waals surface area contributed by atoms with Crippen LogP contribution in [-0.2, 0) is 20.7 Å². The SMILES string of the molecule is CC(=O)O[C@H]1CC[C@@]2(C)C(CCC3C2CC[C@@]2(C)C3CC[C@@H]2C(=O)CCC(=CCCc2ccccc2)C(F)(F)F)C1. The summed E-state index contributed by atoms with van der Waals surface area (Å²) in [5.41, 5.74) is 0.601. The molecule has 4 unspecified atom stereocenters. The van der Waals surface area contributed by atoms with Crippen LogP contribution in [0, 0.1) is 40.4 Å². The van der Waals surface area contributed by atoms with Gasteiger partial charge in [0.25, 0.3) is 0 Å². The number of alkyl halides is 3. The topological polar surface area (TPSA) is 43.4 Å². The second-order valence-corrected chi connectivity index (χ2v) is 14.1. The molecule has 1 aromatic rings. The molecule has 4 fully saturated rings. The number of Topliss-reactive ketones (excluding diaryl/α,β-unsaturated/α-hetero) is 1. The molecule has 0 amide bonds. The normalized spacial score (nSPS) is 37.1. The van der Waals surface area contributed by atoms with Crippen LogP contribution in [0.5, 0.6) is 0 Å². The maximum Gasteiger partial charge on any atom is 0.412 e. The largest absolute Gasteiger partial charge is 0.463 e. The smallest absolute Gasteiger partial charge is 0.412 e. The summed E-state index contributed by atoms with van der Waals surface area (Å²) in [5, 5.41) is 0. The lowest BCUT2D eigenvalue weighted by Crippen LogP contribution is -2.54. The third-order valence-corrected chi connectivity index (χ3v) is 12.0. The van der Waals surface area contributed by atoms with Crippen LogP contribution in [0.25, 0.3) is 0 Å². The van der Waals surface area contributed by atoms with Gasteiger partial charge in [0, 0.05) is 24.8 Å². The van der Waals surface area contributed by atoms with Gasteiger partial charge < -0.3 is 4.74 Å². The van der Waals surface area contributed by atoms with Gasteiger partial charge in [0.1, 0.15) is 11.9 Å². The zero-order valence-electron chi connectivity index (χ0n) is 25.0. The number of aryl methyl sites for hydroxylation is 1. The second-order valence-electron chi connectivity index (χ2n) is 14.1. The van der Waals surface area contributed by atoms with Gasteiger partial charge in [-0.05, 0) is 117 Å². The number of hydrogen-bond acceptors (Lipinski definition) is 3. The fraction of sp³-hybridized carbons (Fsp3) is 0.714. The molecule has 4 aliphatic rings. The standard InChI is InChI=1S/C35H47F3O3/c1-23(39)41-27-18-20-33(2)26(22-27)12-14-28-29-15-16-31(34(29,3)21-19-30(28)33)32(40)17-13-25(35(36,37)38)11-7-10-24-8-5-4-6-9-24/h4-6,8-9,11,26-31H,7,10,12-22H2,1-3H3/t26?,27-,28?,29?,30?,31+,33-,34-/m0/s1. The molecule has 0 aromatic heterocycles. The lowest BCUT2D eigenvalue weighted by molar-refractivity contribution is -0.161. The van der Waals surface area contributed by atoms with Gasteiger partial charge in [0.05, 0.1) is 0 Å². The predicted molar refractivity (Wildman–Crippen MR) is 154 cm³/mol. The third kappa shape index (κ3) is 6.18. The molecular weight excluding hydrogens is 525 g/mol. The van der Waals surface area contributed by atoms with Crippen molar-refractivity contribution >= 4 is 11.8 Å². The van der Waals surface area contributed by atoms with Crippen LogP contribution < -0.4 is 0 Å². The first-order chi connectivity index (χ1) is 19.4. The molecular formula is C35H47F3O3. The molecule has 226 valence electrons. The summed E-state index contributed by atoms with van der Waals surface area (Å²) in [6.45, 7) is 6.23. The number of hydrogen-bond donors (Lipinski definition) is 0. The van der Waals surface area contributed by atoms with E-state index in [4.69, 9.17) is 4.74 Å². The third-order valence-electron chi connectivity index (χ3n) is 12.0. The Labute approximate surface area is 243 Å². The molecule has 0 saturated heterocycles. The molecule has 0 aliphatic heterocycles. The van der Waals surface area contributed by atoms with Gasteiger partial charge >= 0.3 is 12.1 Å². The minimum Gasteiger partial charge on any atom is -0.463 e. The Kier molecular flexibility index (Phi) is 8.79. The summed E-state index contributed by atoms with van der Waals surface area (Å²) in [7, 11) is 0. The Balaban J connectivity index is 1.21. The molecule has 4 aliphatic carbocycles. The summed E-state index contributed by atoms with van der Waals surface area (Å²) in [4.78, 5) is 25.1. The quantitative estimate of drug-likeness (QED) is 0.231. The summed E-state index contributed by atoms with van der Waals surface area (Å²) in [5.74, 6) is 1.97. The minimum atomic E-state index is -4.40. The summed E-state index contributed by atoms with van der Waals surface area (Å²) < 4.78 is 47.2. The van der Waals surface area contributed by atoms with E-state index in [-0.39, 0.29) is 47.4 Å². The molecule has 1 aromatic carbocycles. The van der Waals surface area contributed by atoms with E-state index < -0.39 is 11.7 Å². The molecule has 8 atom stereocenters. The first-order valence-electron chi connectivity index (χ1n) is 15.9. The van der Waals surface area contributed by atoms with Gasteiger partial charge in [-0.15, -0.1) is 0 Å². The van der Waals surface area contributed by atoms with Crippen molar-refractivity contribution in [3.8, 4) is 0 Å². The van der Waals surface area contributed by atoms with Crippen LogP contribution in [0.1, 0.15) is 103 Å². The van der Waals surface area contributed by atoms with E-state index in [1.54, 1.807) is 0 Å². The van der Waals surface area contributed by atoms with Crippen LogP contribution in [0.4, 0.5) is 13.2 Å². The van der Waals surface area contributed by atoms with E-state index in [1.165, 1.54) is 13.0 Å². The van der Waals surface area contributed by atoms with Crippen LogP contribution in [0.15, 0.2) is 42.0 Å². The van der Waals surface area contributed by atoms with Crippen molar-refractivity contribution in [1.82, 2.24) is 0 Å². The Morgan fingerprint density at radius 2 is 1.63 bits per heavy atom. The van der Waals surface area contributed by atoms with Crippen LogP contribution in [0.3, 0.4) is 0 Å². The zero-order chi connectivity index (χ0) is 29.4. The molecule has 3 nitrogen and oxygen atoms in total. The number of allylic oxidation sites excluding steroid dienone is 2. The van der Waals surface area contributed by atoms with Crippen molar-refractivity contribution in [2.24, 2.45) is 40.4 Å². The van der Waals surface area contributed by atoms with Crippen molar-refractivity contribution in [2.75, 3.05) is 0 Å². The lowest BCUT2D eigenvalue weighted by Gasteiger charge is -2.61. The van der Waals surface area contributed by atoms with Gasteiger partial charge in [-0.2, -0.15) is 13.2 Å². The molecule has 0 heterocycles. The van der Waals surface area contributed by atoms with Gasteiger partial charge in [0.2, 0.25) is 0 Å². The average molecular weight is 573 g/mol. The zero-order valence-corrected chi connectivity index (χ0v) is 25.0. The first kappa shape index (κ1) is 30.4. The lowest BCUT2D eigenvalue weighted by atomic mass is 9.44. The number of ether oxygens (including phenoxy) is 1. The van der Waals surface area contributed by atoms with Crippen LogP contribution >= 0.6 is 0 Å². The summed E-state index contributed by atoms with van der Waals surface area (Å²) in [6.07, 6.45) is 6.78. The van der Waals surface area contributed by atoms with E-state index in [0.29, 0.717) is 36.5 Å². The maximum absolute atomic E-state index is 13.9. The number of rotatable bonds is 8. The van der Waals surface area contributed by atoms with Crippen molar-refractivity contribution in [2.45, 2.75) is 117 Å². The van der Waals surface area contributed by atoms with E-state index in [2.05, 4.69) is 13.8 Å². The molecule has 0 radical (unpaired) electrons. The van der Waals surface area contributed by atoms with E-state index in [0.717, 1.165) is 63.4 Å². The first-order valence-corrected chi connectivity index (χ1v) is 15.9. The Hall–Kier alpha value is -2.11. The molecule has 6 heteroatoms. The minimum absolute atomic E-state index is 0.0188. The van der Waals surface area contributed by atoms with Gasteiger partial charge in [-0.1, -0.05) is 50.3 Å². The number of carbonyl (C=O) groups excluding carboxylic acids is 2. The highest BCUT2D eigenvalue weighted by atomic mass is 19.4. The van der Waals surface area contributed by atoms with Gasteiger partial charge in [-0.3, -0.25) is 9.59 Å². The van der Waals surface area contributed by atoms with Gasteiger partial charge in [0.15, 0.2) is 0 Å². The number of ketones is 1. The Morgan fingerprint density at radius 3 is 2.34 bits per heavy atom. The molecule has 0 spiro atoms. The average Bonchev–Trinajstić information content (AvgIpc) is 3.27. The number of esters is 1. The molecule has 4 saturated carbocycles. The fourth-order valence-electron chi connectivity index (χ4n) is 9.94. The van der Waals surface area contributed by atoms with Gasteiger partial charge in [-0.25, -0.2) is 0 Å². The van der Waals surface area contributed by atoms with E-state index in [1.807, 2.05) is 30.3 Å². The Morgan fingerprint density at radius 1 is 0.927 bits per heavy atom.